The molecule has 0 aliphatic heterocycles. The van der Waals surface area contributed by atoms with Crippen LogP contribution < -0.4 is 19.5 Å². The zero-order valence-corrected chi connectivity index (χ0v) is 15.0. The molecule has 0 aliphatic carbocycles. The number of benzene rings is 2. The van der Waals surface area contributed by atoms with Crippen LogP contribution in [-0.4, -0.2) is 26.7 Å². The van der Waals surface area contributed by atoms with Gasteiger partial charge in [0, 0.05) is 16.8 Å². The van der Waals surface area contributed by atoms with Gasteiger partial charge in [-0.2, -0.15) is 0 Å². The van der Waals surface area contributed by atoms with Crippen LogP contribution in [0.2, 0.25) is 10.0 Å². The van der Waals surface area contributed by atoms with Gasteiger partial charge in [0.1, 0.15) is 5.75 Å². The molecule has 2 aromatic carbocycles. The molecular weight excluding hydrogens is 353 g/mol. The van der Waals surface area contributed by atoms with E-state index in [0.29, 0.717) is 33.0 Å². The highest BCUT2D eigenvalue weighted by atomic mass is 35.5. The van der Waals surface area contributed by atoms with Crippen LogP contribution in [0.5, 0.6) is 17.2 Å². The summed E-state index contributed by atoms with van der Waals surface area (Å²) in [5.74, 6) is 1.21. The smallest absolute Gasteiger partial charge is 0.262 e. The summed E-state index contributed by atoms with van der Waals surface area (Å²) in [5, 5.41) is 3.59. The Morgan fingerprint density at radius 3 is 2.42 bits per heavy atom. The molecule has 0 aliphatic rings. The minimum Gasteiger partial charge on any atom is -0.493 e. The molecule has 0 heterocycles. The summed E-state index contributed by atoms with van der Waals surface area (Å²) in [4.78, 5) is 12.1. The number of carbonyl (C=O) groups excluding carboxylic acids is 1. The summed E-state index contributed by atoms with van der Waals surface area (Å²) in [6, 6.07) is 8.36. The van der Waals surface area contributed by atoms with Crippen molar-refractivity contribution in [1.29, 1.82) is 0 Å². The molecule has 0 spiro atoms. The van der Waals surface area contributed by atoms with Crippen LogP contribution >= 0.6 is 23.2 Å². The Morgan fingerprint density at radius 2 is 1.79 bits per heavy atom. The first-order valence-corrected chi connectivity index (χ1v) is 7.80. The quantitative estimate of drug-likeness (QED) is 0.822. The molecule has 1 amide bonds. The van der Waals surface area contributed by atoms with E-state index in [9.17, 15) is 4.79 Å². The number of aryl methyl sites for hydroxylation is 1. The molecule has 0 atom stereocenters. The summed E-state index contributed by atoms with van der Waals surface area (Å²) in [6.07, 6.45) is 0. The first kappa shape index (κ1) is 18.2. The summed E-state index contributed by atoms with van der Waals surface area (Å²) in [6.45, 7) is 1.62. The maximum Gasteiger partial charge on any atom is 0.262 e. The molecule has 0 fully saturated rings. The Kier molecular flexibility index (Phi) is 6.17. The number of methoxy groups -OCH3 is 2. The molecule has 7 heteroatoms. The third-order valence-electron chi connectivity index (χ3n) is 3.21. The van der Waals surface area contributed by atoms with E-state index in [2.05, 4.69) is 5.32 Å². The highest BCUT2D eigenvalue weighted by Crippen LogP contribution is 2.32. The van der Waals surface area contributed by atoms with E-state index in [1.54, 1.807) is 44.4 Å². The summed E-state index contributed by atoms with van der Waals surface area (Å²) >= 11 is 12.0. The van der Waals surface area contributed by atoms with E-state index < -0.39 is 0 Å². The van der Waals surface area contributed by atoms with E-state index in [4.69, 9.17) is 37.4 Å². The molecule has 0 radical (unpaired) electrons. The summed E-state index contributed by atoms with van der Waals surface area (Å²) in [7, 11) is 3.07. The molecule has 24 heavy (non-hydrogen) atoms. The van der Waals surface area contributed by atoms with Gasteiger partial charge in [-0.3, -0.25) is 4.79 Å². The van der Waals surface area contributed by atoms with Crippen LogP contribution in [0.25, 0.3) is 0 Å². The van der Waals surface area contributed by atoms with Crippen molar-refractivity contribution in [2.75, 3.05) is 26.1 Å². The average Bonchev–Trinajstić information content (AvgIpc) is 2.53. The summed E-state index contributed by atoms with van der Waals surface area (Å²) in [5.41, 5.74) is 1.33. The fraction of sp³-hybridized carbons (Fsp3) is 0.235. The molecule has 0 bridgehead atoms. The first-order chi connectivity index (χ1) is 11.4. The lowest BCUT2D eigenvalue weighted by molar-refractivity contribution is -0.118. The number of hydrogen-bond acceptors (Lipinski definition) is 4. The first-order valence-electron chi connectivity index (χ1n) is 7.05. The van der Waals surface area contributed by atoms with E-state index in [1.807, 2.05) is 0 Å². The Labute approximate surface area is 150 Å². The Balaban J connectivity index is 2.02. The van der Waals surface area contributed by atoms with Crippen molar-refractivity contribution in [2.45, 2.75) is 6.92 Å². The topological polar surface area (TPSA) is 56.8 Å². The fourth-order valence-corrected chi connectivity index (χ4v) is 2.77. The normalized spacial score (nSPS) is 10.2. The average molecular weight is 370 g/mol. The van der Waals surface area contributed by atoms with E-state index >= 15 is 0 Å². The maximum absolute atomic E-state index is 12.1. The number of anilines is 1. The van der Waals surface area contributed by atoms with Gasteiger partial charge in [0.2, 0.25) is 0 Å². The Hall–Kier alpha value is -2.11. The molecule has 2 aromatic rings. The highest BCUT2D eigenvalue weighted by molar-refractivity contribution is 6.35. The number of halogens is 2. The van der Waals surface area contributed by atoms with Gasteiger partial charge in [-0.1, -0.05) is 23.2 Å². The minimum atomic E-state index is -0.326. The van der Waals surface area contributed by atoms with Crippen LogP contribution in [-0.2, 0) is 4.79 Å². The number of rotatable bonds is 6. The number of amides is 1. The molecular formula is C17H17Cl2NO4. The second-order valence-corrected chi connectivity index (χ2v) is 5.78. The van der Waals surface area contributed by atoms with Crippen molar-refractivity contribution < 1.29 is 19.0 Å². The predicted octanol–water partition coefficient (Wildman–Crippen LogP) is 4.34. The maximum atomic E-state index is 12.1. The van der Waals surface area contributed by atoms with Crippen molar-refractivity contribution in [3.05, 3.63) is 45.9 Å². The summed E-state index contributed by atoms with van der Waals surface area (Å²) < 4.78 is 15.8. The van der Waals surface area contributed by atoms with E-state index in [-0.39, 0.29) is 12.5 Å². The van der Waals surface area contributed by atoms with E-state index in [0.717, 1.165) is 5.56 Å². The Bertz CT molecular complexity index is 726. The van der Waals surface area contributed by atoms with Gasteiger partial charge < -0.3 is 19.5 Å². The molecule has 128 valence electrons. The van der Waals surface area contributed by atoms with Crippen molar-refractivity contribution in [2.24, 2.45) is 0 Å². The second kappa shape index (κ2) is 8.13. The lowest BCUT2D eigenvalue weighted by Gasteiger charge is -2.13. The SMILES string of the molecule is COc1ccc(NC(=O)COc2c(C)cc(Cl)cc2Cl)cc1OC. The van der Waals surface area contributed by atoms with Crippen molar-refractivity contribution in [3.63, 3.8) is 0 Å². The molecule has 0 aromatic heterocycles. The monoisotopic (exact) mass is 369 g/mol. The lowest BCUT2D eigenvalue weighted by atomic mass is 10.2. The van der Waals surface area contributed by atoms with Crippen LogP contribution in [0, 0.1) is 6.92 Å². The van der Waals surface area contributed by atoms with Crippen molar-refractivity contribution >= 4 is 34.8 Å². The van der Waals surface area contributed by atoms with Gasteiger partial charge in [-0.25, -0.2) is 0 Å². The van der Waals surface area contributed by atoms with Gasteiger partial charge in [0.15, 0.2) is 18.1 Å². The molecule has 5 nitrogen and oxygen atoms in total. The number of nitrogens with one attached hydrogen (secondary N) is 1. The van der Waals surface area contributed by atoms with Gasteiger partial charge in [-0.15, -0.1) is 0 Å². The Morgan fingerprint density at radius 1 is 1.08 bits per heavy atom. The van der Waals surface area contributed by atoms with Crippen LogP contribution in [0.3, 0.4) is 0 Å². The van der Waals surface area contributed by atoms with Gasteiger partial charge >= 0.3 is 0 Å². The molecule has 0 saturated carbocycles. The minimum absolute atomic E-state index is 0.184. The zero-order chi connectivity index (χ0) is 17.7. The van der Waals surface area contributed by atoms with Crippen LogP contribution in [0.4, 0.5) is 5.69 Å². The second-order valence-electron chi connectivity index (χ2n) is 4.94. The van der Waals surface area contributed by atoms with E-state index in [1.165, 1.54) is 7.11 Å². The van der Waals surface area contributed by atoms with Crippen LogP contribution in [0.15, 0.2) is 30.3 Å². The molecule has 1 N–H and O–H groups in total. The van der Waals surface area contributed by atoms with Gasteiger partial charge in [0.05, 0.1) is 19.2 Å². The molecule has 2 rings (SSSR count). The predicted molar refractivity (Wildman–Crippen MR) is 94.9 cm³/mol. The molecule has 0 unspecified atom stereocenters. The highest BCUT2D eigenvalue weighted by Gasteiger charge is 2.11. The largest absolute Gasteiger partial charge is 0.493 e. The standard InChI is InChI=1S/C17H17Cl2NO4/c1-10-6-11(18)7-13(19)17(10)24-9-16(21)20-12-4-5-14(22-2)15(8-12)23-3/h4-8H,9H2,1-3H3,(H,20,21). The third-order valence-corrected chi connectivity index (χ3v) is 3.71. The molecule has 0 saturated heterocycles. The number of hydrogen-bond donors (Lipinski definition) is 1. The number of carbonyl (C=O) groups is 1. The number of ether oxygens (including phenoxy) is 3. The van der Waals surface area contributed by atoms with Gasteiger partial charge in [-0.05, 0) is 36.8 Å². The van der Waals surface area contributed by atoms with Crippen molar-refractivity contribution in [3.8, 4) is 17.2 Å². The third kappa shape index (κ3) is 4.46. The lowest BCUT2D eigenvalue weighted by Crippen LogP contribution is -2.20. The fourth-order valence-electron chi connectivity index (χ4n) is 2.12. The van der Waals surface area contributed by atoms with Crippen LogP contribution in [0.1, 0.15) is 5.56 Å². The zero-order valence-electron chi connectivity index (χ0n) is 13.5. The van der Waals surface area contributed by atoms with Gasteiger partial charge in [0.25, 0.3) is 5.91 Å². The van der Waals surface area contributed by atoms with Crippen molar-refractivity contribution in [1.82, 2.24) is 0 Å².